The Labute approximate surface area is 154 Å². The second-order valence-corrected chi connectivity index (χ2v) is 5.93. The minimum Gasteiger partial charge on any atom is -0.354 e. The lowest BCUT2D eigenvalue weighted by Crippen LogP contribution is -2.17. The number of carbonyl (C=O) groups excluding carboxylic acids is 2. The van der Waals surface area contributed by atoms with E-state index in [1.54, 1.807) is 48.5 Å². The van der Waals surface area contributed by atoms with Crippen LogP contribution in [0.15, 0.2) is 61.2 Å². The van der Waals surface area contributed by atoms with Crippen molar-refractivity contribution < 1.29 is 9.59 Å². The largest absolute Gasteiger partial charge is 0.354 e. The van der Waals surface area contributed by atoms with Crippen molar-refractivity contribution >= 4 is 28.4 Å². The minimum atomic E-state index is -0.216. The lowest BCUT2D eigenvalue weighted by Gasteiger charge is -2.07. The molecule has 0 saturated carbocycles. The zero-order valence-electron chi connectivity index (χ0n) is 14.4. The van der Waals surface area contributed by atoms with Crippen molar-refractivity contribution in [3.8, 4) is 5.69 Å². The third-order valence-electron chi connectivity index (χ3n) is 4.20. The van der Waals surface area contributed by atoms with Gasteiger partial charge in [0.05, 0.1) is 0 Å². The maximum absolute atomic E-state index is 12.5. The average molecular weight is 360 g/mol. The summed E-state index contributed by atoms with van der Waals surface area (Å²) in [5.74, 6) is -0.406. The van der Waals surface area contributed by atoms with Crippen molar-refractivity contribution in [3.05, 3.63) is 72.4 Å². The zero-order chi connectivity index (χ0) is 18.8. The number of rotatable bonds is 4. The number of nitrogens with one attached hydrogen (secondary N) is 3. The molecule has 0 fully saturated rings. The molecular formula is C19H16N6O2. The Balaban J connectivity index is 1.52. The number of hydrogen-bond donors (Lipinski definition) is 3. The number of fused-ring (bicyclic) bond motifs is 1. The van der Waals surface area contributed by atoms with E-state index >= 15 is 0 Å². The molecule has 0 bridgehead atoms. The van der Waals surface area contributed by atoms with Crippen molar-refractivity contribution in [2.75, 3.05) is 12.4 Å². The van der Waals surface area contributed by atoms with Gasteiger partial charge in [-0.15, -0.1) is 10.2 Å². The first kappa shape index (κ1) is 16.5. The molecule has 2 aromatic heterocycles. The van der Waals surface area contributed by atoms with E-state index in [2.05, 4.69) is 25.8 Å². The smallest absolute Gasteiger partial charge is 0.267 e. The van der Waals surface area contributed by atoms with Crippen LogP contribution < -0.4 is 10.6 Å². The van der Waals surface area contributed by atoms with Crippen LogP contribution in [0.25, 0.3) is 16.6 Å². The highest BCUT2D eigenvalue weighted by molar-refractivity contribution is 6.05. The number of anilines is 1. The van der Waals surface area contributed by atoms with Crippen molar-refractivity contribution in [1.29, 1.82) is 0 Å². The molecule has 134 valence electrons. The van der Waals surface area contributed by atoms with Gasteiger partial charge < -0.3 is 15.6 Å². The topological polar surface area (TPSA) is 105 Å². The van der Waals surface area contributed by atoms with Crippen molar-refractivity contribution in [2.24, 2.45) is 0 Å². The van der Waals surface area contributed by atoms with Gasteiger partial charge in [0.15, 0.2) is 0 Å². The maximum Gasteiger partial charge on any atom is 0.267 e. The number of nitrogens with zero attached hydrogens (tertiary/aromatic N) is 3. The number of benzene rings is 2. The monoisotopic (exact) mass is 360 g/mol. The van der Waals surface area contributed by atoms with E-state index in [-0.39, 0.29) is 11.8 Å². The van der Waals surface area contributed by atoms with Gasteiger partial charge in [0.25, 0.3) is 11.8 Å². The Morgan fingerprint density at radius 3 is 2.41 bits per heavy atom. The first-order chi connectivity index (χ1) is 13.1. The first-order valence-electron chi connectivity index (χ1n) is 8.25. The molecule has 8 heteroatoms. The fourth-order valence-corrected chi connectivity index (χ4v) is 2.79. The Bertz CT molecular complexity index is 1110. The summed E-state index contributed by atoms with van der Waals surface area (Å²) in [6.07, 6.45) is 3.18. The molecule has 4 aromatic rings. The summed E-state index contributed by atoms with van der Waals surface area (Å²) in [6, 6.07) is 14.3. The molecule has 0 unspecified atom stereocenters. The summed E-state index contributed by atoms with van der Waals surface area (Å²) in [5, 5.41) is 13.8. The summed E-state index contributed by atoms with van der Waals surface area (Å²) in [6.45, 7) is 0. The van der Waals surface area contributed by atoms with Crippen LogP contribution in [-0.4, -0.2) is 38.6 Å². The fraction of sp³-hybridized carbons (Fsp3) is 0.0526. The second kappa shape index (κ2) is 6.75. The summed E-state index contributed by atoms with van der Waals surface area (Å²) < 4.78 is 1.76. The van der Waals surface area contributed by atoms with E-state index < -0.39 is 0 Å². The Morgan fingerprint density at radius 1 is 0.963 bits per heavy atom. The molecule has 2 amide bonds. The number of aromatic nitrogens is 4. The van der Waals surface area contributed by atoms with Gasteiger partial charge >= 0.3 is 0 Å². The van der Waals surface area contributed by atoms with Crippen molar-refractivity contribution in [2.45, 2.75) is 0 Å². The molecule has 2 aromatic carbocycles. The van der Waals surface area contributed by atoms with Gasteiger partial charge in [-0.05, 0) is 48.5 Å². The molecule has 0 aliphatic carbocycles. The van der Waals surface area contributed by atoms with Gasteiger partial charge in [-0.1, -0.05) is 0 Å². The molecule has 0 spiro atoms. The minimum absolute atomic E-state index is 0.190. The third kappa shape index (κ3) is 3.28. The molecule has 0 saturated heterocycles. The van der Waals surface area contributed by atoms with Crippen LogP contribution in [0.4, 0.5) is 5.69 Å². The molecule has 0 radical (unpaired) electrons. The molecule has 0 aliphatic rings. The van der Waals surface area contributed by atoms with E-state index in [0.29, 0.717) is 16.9 Å². The number of amides is 2. The molecule has 3 N–H and O–H groups in total. The predicted octanol–water partition coefficient (Wildman–Crippen LogP) is 2.36. The van der Waals surface area contributed by atoms with E-state index in [4.69, 9.17) is 0 Å². The van der Waals surface area contributed by atoms with Gasteiger partial charge in [-0.3, -0.25) is 14.2 Å². The Morgan fingerprint density at radius 2 is 1.70 bits per heavy atom. The molecule has 0 atom stereocenters. The molecule has 8 nitrogen and oxygen atoms in total. The predicted molar refractivity (Wildman–Crippen MR) is 101 cm³/mol. The molecule has 27 heavy (non-hydrogen) atoms. The van der Waals surface area contributed by atoms with Crippen LogP contribution in [0.2, 0.25) is 0 Å². The Hall–Kier alpha value is -3.94. The van der Waals surface area contributed by atoms with Crippen LogP contribution in [-0.2, 0) is 0 Å². The fourth-order valence-electron chi connectivity index (χ4n) is 2.79. The Kier molecular flexibility index (Phi) is 4.13. The first-order valence-corrected chi connectivity index (χ1v) is 8.25. The average Bonchev–Trinajstić information content (AvgIpc) is 3.37. The van der Waals surface area contributed by atoms with Crippen LogP contribution in [0.1, 0.15) is 20.8 Å². The summed E-state index contributed by atoms with van der Waals surface area (Å²) >= 11 is 0. The van der Waals surface area contributed by atoms with Crippen LogP contribution in [0.3, 0.4) is 0 Å². The van der Waals surface area contributed by atoms with Gasteiger partial charge in [-0.25, -0.2) is 0 Å². The quantitative estimate of drug-likeness (QED) is 0.519. The number of H-pyrrole nitrogens is 1. The van der Waals surface area contributed by atoms with Crippen LogP contribution in [0, 0.1) is 0 Å². The SMILES string of the molecule is CNC(=O)c1cc2cc(NC(=O)c3ccc(-n4cnnc4)cc3)ccc2[nH]1. The molecular weight excluding hydrogens is 344 g/mol. The van der Waals surface area contributed by atoms with Crippen LogP contribution in [0.5, 0.6) is 0 Å². The summed E-state index contributed by atoms with van der Waals surface area (Å²) in [7, 11) is 1.58. The van der Waals surface area contributed by atoms with E-state index in [9.17, 15) is 9.59 Å². The molecule has 0 aliphatic heterocycles. The van der Waals surface area contributed by atoms with Gasteiger partial charge in [0, 0.05) is 34.9 Å². The standard InChI is InChI=1S/C19H16N6O2/c1-20-19(27)17-9-13-8-14(4-7-16(13)24-17)23-18(26)12-2-5-15(6-3-12)25-10-21-22-11-25/h2-11,24H,1H3,(H,20,27)(H,23,26). The lowest BCUT2D eigenvalue weighted by molar-refractivity contribution is 0.0958. The van der Waals surface area contributed by atoms with Gasteiger partial charge in [0.1, 0.15) is 18.3 Å². The highest BCUT2D eigenvalue weighted by Crippen LogP contribution is 2.21. The molecule has 2 heterocycles. The van der Waals surface area contributed by atoms with E-state index in [1.807, 2.05) is 24.3 Å². The third-order valence-corrected chi connectivity index (χ3v) is 4.20. The highest BCUT2D eigenvalue weighted by Gasteiger charge is 2.10. The zero-order valence-corrected chi connectivity index (χ0v) is 14.4. The second-order valence-electron chi connectivity index (χ2n) is 5.93. The summed E-state index contributed by atoms with van der Waals surface area (Å²) in [5.41, 5.74) is 3.35. The number of aromatic amines is 1. The normalized spacial score (nSPS) is 10.7. The van der Waals surface area contributed by atoms with Gasteiger partial charge in [-0.2, -0.15) is 0 Å². The number of carbonyl (C=O) groups is 2. The van der Waals surface area contributed by atoms with E-state index in [0.717, 1.165) is 16.6 Å². The molecule has 4 rings (SSSR count). The van der Waals surface area contributed by atoms with Crippen molar-refractivity contribution in [1.82, 2.24) is 25.1 Å². The highest BCUT2D eigenvalue weighted by atomic mass is 16.2. The van der Waals surface area contributed by atoms with Crippen molar-refractivity contribution in [3.63, 3.8) is 0 Å². The van der Waals surface area contributed by atoms with Gasteiger partial charge in [0.2, 0.25) is 0 Å². The number of hydrogen-bond acceptors (Lipinski definition) is 4. The van der Waals surface area contributed by atoms with Crippen LogP contribution >= 0.6 is 0 Å². The lowest BCUT2D eigenvalue weighted by atomic mass is 10.1. The van der Waals surface area contributed by atoms with E-state index in [1.165, 1.54) is 0 Å². The summed E-state index contributed by atoms with van der Waals surface area (Å²) in [4.78, 5) is 27.3. The maximum atomic E-state index is 12.5.